The molecule has 0 bridgehead atoms. The Morgan fingerprint density at radius 3 is 2.18 bits per heavy atom. The summed E-state index contributed by atoms with van der Waals surface area (Å²) in [6.07, 6.45) is 8.08. The maximum Gasteiger partial charge on any atom is 0.408 e. The third-order valence-corrected chi connectivity index (χ3v) is 7.52. The van der Waals surface area contributed by atoms with Gasteiger partial charge in [-0.15, -0.1) is 0 Å². The molecule has 5 nitrogen and oxygen atoms in total. The molecule has 0 aliphatic rings. The van der Waals surface area contributed by atoms with Crippen molar-refractivity contribution in [1.82, 2.24) is 10.6 Å². The number of ketones is 1. The molecule has 0 radical (unpaired) electrons. The lowest BCUT2D eigenvalue weighted by atomic mass is 10.2. The van der Waals surface area contributed by atoms with Crippen LogP contribution < -0.4 is 10.6 Å². The van der Waals surface area contributed by atoms with E-state index >= 15 is 0 Å². The van der Waals surface area contributed by atoms with Gasteiger partial charge in [-0.3, -0.25) is 4.79 Å². The van der Waals surface area contributed by atoms with E-state index in [9.17, 15) is 9.59 Å². The number of hydrogen-bond donors (Lipinski definition) is 2. The molecule has 2 unspecified atom stereocenters. The van der Waals surface area contributed by atoms with E-state index < -0.39 is 11.7 Å². The molecule has 126 valence electrons. The van der Waals surface area contributed by atoms with Crippen LogP contribution in [0.15, 0.2) is 0 Å². The Balaban J connectivity index is 3.89. The number of hydrogen-bond acceptors (Lipinski definition) is 4. The summed E-state index contributed by atoms with van der Waals surface area (Å²) in [5.74, 6) is -0.0170. The topological polar surface area (TPSA) is 67.4 Å². The third-order valence-electron chi connectivity index (χ3n) is 2.75. The maximum absolute atomic E-state index is 11.7. The van der Waals surface area contributed by atoms with Crippen molar-refractivity contribution in [3.8, 4) is 0 Å². The van der Waals surface area contributed by atoms with Gasteiger partial charge in [0.15, 0.2) is 5.78 Å². The lowest BCUT2D eigenvalue weighted by molar-refractivity contribution is -0.118. The minimum absolute atomic E-state index is 0.00562. The molecule has 0 saturated heterocycles. The van der Waals surface area contributed by atoms with Gasteiger partial charge in [-0.05, 0) is 20.8 Å². The molecule has 7 heteroatoms. The van der Waals surface area contributed by atoms with E-state index in [1.165, 1.54) is 0 Å². The first-order valence-corrected chi connectivity index (χ1v) is 11.4. The molecule has 0 fully saturated rings. The highest BCUT2D eigenvalue weighted by molar-refractivity contribution is 7.73. The standard InChI is InChI=1S/C15H29N2O3P2/c1-15(2,3)20-14(19)17-10-12(18)8-9-16-11-13(21(4)5)22(6)7/h13,16H,4,6,8-11H2,1-3,5,7H3/q+1/p+1. The smallest absolute Gasteiger partial charge is 0.408 e. The van der Waals surface area contributed by atoms with Crippen molar-refractivity contribution in [2.45, 2.75) is 38.2 Å². The SMILES string of the molecule is C=[P+](C)C(CNCCC(=O)CNC(=O)OC(C)(C)C)[P+](=C)C. The number of amides is 1. The van der Waals surface area contributed by atoms with Gasteiger partial charge in [0.1, 0.15) is 20.7 Å². The summed E-state index contributed by atoms with van der Waals surface area (Å²) in [6.45, 7) is 11.1. The van der Waals surface area contributed by atoms with Crippen molar-refractivity contribution < 1.29 is 14.3 Å². The Morgan fingerprint density at radius 1 is 1.18 bits per heavy atom. The number of rotatable bonds is 9. The molecule has 0 aliphatic heterocycles. The third kappa shape index (κ3) is 10.9. The average Bonchev–Trinajstić information content (AvgIpc) is 2.33. The molecule has 0 aromatic heterocycles. The van der Waals surface area contributed by atoms with Gasteiger partial charge in [0.25, 0.3) is 5.40 Å². The highest BCUT2D eigenvalue weighted by Gasteiger charge is 2.27. The van der Waals surface area contributed by atoms with Crippen LogP contribution in [0.25, 0.3) is 0 Å². The van der Waals surface area contributed by atoms with Gasteiger partial charge in [-0.1, -0.05) is 0 Å². The normalized spacial score (nSPS) is 14.0. The van der Waals surface area contributed by atoms with Gasteiger partial charge in [0, 0.05) is 13.0 Å². The Bertz CT molecular complexity index is 417. The highest BCUT2D eigenvalue weighted by atomic mass is 31.2. The maximum atomic E-state index is 11.7. The van der Waals surface area contributed by atoms with Gasteiger partial charge in [0.05, 0.1) is 39.0 Å². The van der Waals surface area contributed by atoms with Crippen molar-refractivity contribution in [2.24, 2.45) is 0 Å². The van der Waals surface area contributed by atoms with Crippen molar-refractivity contribution in [1.29, 1.82) is 0 Å². The lowest BCUT2D eigenvalue weighted by Gasteiger charge is -2.19. The Labute approximate surface area is 136 Å². The molecular weight excluding hydrogens is 318 g/mol. The Hall–Kier alpha value is -0.760. The fourth-order valence-corrected chi connectivity index (χ4v) is 5.25. The van der Waals surface area contributed by atoms with E-state index in [1.807, 2.05) is 0 Å². The van der Waals surface area contributed by atoms with Crippen LogP contribution in [-0.4, -0.2) is 68.4 Å². The van der Waals surface area contributed by atoms with Crippen LogP contribution in [0.4, 0.5) is 4.79 Å². The summed E-state index contributed by atoms with van der Waals surface area (Å²) < 4.78 is 5.07. The summed E-state index contributed by atoms with van der Waals surface area (Å²) in [7, 11) is -0.538. The van der Waals surface area contributed by atoms with Crippen molar-refractivity contribution >= 4 is 39.6 Å². The predicted octanol–water partition coefficient (Wildman–Crippen LogP) is 2.47. The van der Waals surface area contributed by atoms with Crippen LogP contribution in [0.2, 0.25) is 0 Å². The largest absolute Gasteiger partial charge is 0.444 e. The number of carbonyl (C=O) groups is 2. The second kappa shape index (κ2) is 10.1. The van der Waals surface area contributed by atoms with E-state index in [2.05, 4.69) is 36.6 Å². The van der Waals surface area contributed by atoms with E-state index in [-0.39, 0.29) is 27.4 Å². The minimum Gasteiger partial charge on any atom is -0.444 e. The summed E-state index contributed by atoms with van der Waals surface area (Å²) in [4.78, 5) is 23.1. The average molecular weight is 348 g/mol. The van der Waals surface area contributed by atoms with Crippen LogP contribution >= 0.6 is 15.1 Å². The number of Topliss-reactive ketones (excluding diaryl/α,β-unsaturated/α-hetero) is 1. The monoisotopic (exact) mass is 348 g/mol. The summed E-state index contributed by atoms with van der Waals surface area (Å²) >= 11 is 0. The highest BCUT2D eigenvalue weighted by Crippen LogP contribution is 2.38. The fraction of sp³-hybridized carbons (Fsp3) is 0.733. The molecule has 0 saturated carbocycles. The first-order valence-electron chi connectivity index (χ1n) is 7.29. The van der Waals surface area contributed by atoms with E-state index in [0.717, 1.165) is 6.54 Å². The minimum atomic E-state index is -0.559. The zero-order valence-corrected chi connectivity index (χ0v) is 16.2. The number of ether oxygens (including phenoxy) is 1. The van der Waals surface area contributed by atoms with Gasteiger partial charge < -0.3 is 15.4 Å². The van der Waals surface area contributed by atoms with Crippen LogP contribution in [-0.2, 0) is 9.53 Å². The van der Waals surface area contributed by atoms with Crippen LogP contribution in [0.3, 0.4) is 0 Å². The van der Waals surface area contributed by atoms with Gasteiger partial charge in [0.2, 0.25) is 0 Å². The van der Waals surface area contributed by atoms with Gasteiger partial charge in [-0.25, -0.2) is 4.79 Å². The van der Waals surface area contributed by atoms with Crippen LogP contribution in [0.5, 0.6) is 0 Å². The first kappa shape index (κ1) is 21.2. The van der Waals surface area contributed by atoms with Crippen molar-refractivity contribution in [3.63, 3.8) is 0 Å². The van der Waals surface area contributed by atoms with Gasteiger partial charge >= 0.3 is 6.09 Å². The van der Waals surface area contributed by atoms with E-state index in [4.69, 9.17) is 4.74 Å². The molecule has 0 heterocycles. The summed E-state index contributed by atoms with van der Waals surface area (Å²) in [6, 6.07) is 0. The molecular formula is C15H30N2O3P2+2. The molecule has 2 atom stereocenters. The number of nitrogens with one attached hydrogen (secondary N) is 2. The molecule has 0 aromatic carbocycles. The zero-order valence-electron chi connectivity index (χ0n) is 14.4. The van der Waals surface area contributed by atoms with Crippen LogP contribution in [0.1, 0.15) is 27.2 Å². The molecule has 0 spiro atoms. The molecule has 0 aliphatic carbocycles. The van der Waals surface area contributed by atoms with Crippen LogP contribution in [0, 0.1) is 0 Å². The molecule has 1 amide bonds. The Kier molecular flexibility index (Phi) is 9.75. The summed E-state index contributed by atoms with van der Waals surface area (Å²) in [5.41, 5.74) is -0.552. The second-order valence-electron chi connectivity index (χ2n) is 6.34. The molecule has 22 heavy (non-hydrogen) atoms. The van der Waals surface area contributed by atoms with Crippen molar-refractivity contribution in [3.05, 3.63) is 0 Å². The molecule has 0 rings (SSSR count). The Morgan fingerprint density at radius 2 is 1.73 bits per heavy atom. The predicted molar refractivity (Wildman–Crippen MR) is 100 cm³/mol. The van der Waals surface area contributed by atoms with Crippen molar-refractivity contribution in [2.75, 3.05) is 33.0 Å². The fourth-order valence-electron chi connectivity index (χ4n) is 1.68. The summed E-state index contributed by atoms with van der Waals surface area (Å²) in [5, 5.41) is 6.28. The molecule has 2 N–H and O–H groups in total. The molecule has 0 aromatic rings. The first-order chi connectivity index (χ1) is 10.0. The quantitative estimate of drug-likeness (QED) is 0.496. The lowest BCUT2D eigenvalue weighted by Crippen LogP contribution is -2.36. The second-order valence-corrected chi connectivity index (χ2v) is 11.0. The number of carbonyl (C=O) groups excluding carboxylic acids is 2. The van der Waals surface area contributed by atoms with Gasteiger partial charge in [-0.2, -0.15) is 0 Å². The zero-order chi connectivity index (χ0) is 17.3. The number of alkyl carbamates (subject to hydrolysis) is 1. The van der Waals surface area contributed by atoms with E-state index in [1.54, 1.807) is 20.8 Å². The van der Waals surface area contributed by atoms with E-state index in [0.29, 0.717) is 18.4 Å².